The largest absolute Gasteiger partial charge is 0.248 e. The third-order valence-corrected chi connectivity index (χ3v) is 2.45. The third kappa shape index (κ3) is 0.813. The second-order valence-electron chi connectivity index (χ2n) is 3.28. The predicted molar refractivity (Wildman–Crippen MR) is 55.4 cm³/mol. The molecule has 0 radical (unpaired) electrons. The average molecular weight is 178 g/mol. The van der Waals surface area contributed by atoms with Crippen molar-refractivity contribution in [1.29, 1.82) is 5.26 Å². The molecule has 2 heteroatoms. The smallest absolute Gasteiger partial charge is 0.0991 e. The van der Waals surface area contributed by atoms with Crippen LogP contribution in [0.1, 0.15) is 11.1 Å². The van der Waals surface area contributed by atoms with E-state index in [1.807, 2.05) is 30.4 Å². The number of rotatable bonds is 0. The average Bonchev–Trinajstić information content (AvgIpc) is 2.76. The molecule has 1 aliphatic heterocycles. The first-order chi connectivity index (χ1) is 6.88. The zero-order valence-corrected chi connectivity index (χ0v) is 7.36. The van der Waals surface area contributed by atoms with Crippen molar-refractivity contribution in [3.05, 3.63) is 47.6 Å². The highest BCUT2D eigenvalue weighted by Crippen LogP contribution is 2.37. The summed E-state index contributed by atoms with van der Waals surface area (Å²) in [4.78, 5) is 4.44. The summed E-state index contributed by atoms with van der Waals surface area (Å²) in [5.41, 5.74) is 4.87. The molecule has 0 saturated carbocycles. The molecule has 2 nitrogen and oxygen atoms in total. The van der Waals surface area contributed by atoms with Gasteiger partial charge in [-0.05, 0) is 24.3 Å². The van der Waals surface area contributed by atoms with E-state index in [0.29, 0.717) is 5.56 Å². The molecule has 1 aliphatic carbocycles. The number of aliphatic imine (C=N–C) groups is 1. The molecule has 0 bridgehead atoms. The summed E-state index contributed by atoms with van der Waals surface area (Å²) in [7, 11) is 0. The van der Waals surface area contributed by atoms with Crippen LogP contribution in [0.15, 0.2) is 41.4 Å². The van der Waals surface area contributed by atoms with Crippen LogP contribution in [0.25, 0.3) is 5.57 Å². The summed E-state index contributed by atoms with van der Waals surface area (Å²) < 4.78 is 0. The van der Waals surface area contributed by atoms with Crippen LogP contribution in [0.2, 0.25) is 0 Å². The van der Waals surface area contributed by atoms with Gasteiger partial charge in [-0.1, -0.05) is 12.2 Å². The molecule has 1 aromatic carbocycles. The van der Waals surface area contributed by atoms with Gasteiger partial charge in [0.25, 0.3) is 0 Å². The Labute approximate surface area is 81.5 Å². The molecule has 0 unspecified atom stereocenters. The number of nitrogens with zero attached hydrogens (tertiary/aromatic N) is 2. The highest BCUT2D eigenvalue weighted by molar-refractivity contribution is 6.35. The van der Waals surface area contributed by atoms with Crippen LogP contribution in [0.4, 0.5) is 5.69 Å². The minimum atomic E-state index is 0.688. The van der Waals surface area contributed by atoms with E-state index in [4.69, 9.17) is 5.26 Å². The fourth-order valence-electron chi connectivity index (χ4n) is 1.78. The Bertz CT molecular complexity index is 554. The third-order valence-electron chi connectivity index (χ3n) is 2.45. The molecule has 0 saturated heterocycles. The lowest BCUT2D eigenvalue weighted by molar-refractivity contribution is 1.46. The number of fused-ring (bicyclic) bond motifs is 3. The molecular formula is C12H6N2. The molecule has 1 heterocycles. The van der Waals surface area contributed by atoms with E-state index < -0.39 is 0 Å². The second kappa shape index (κ2) is 2.43. The van der Waals surface area contributed by atoms with E-state index >= 15 is 0 Å². The zero-order chi connectivity index (χ0) is 9.54. The number of hydrogen-bond acceptors (Lipinski definition) is 2. The van der Waals surface area contributed by atoms with E-state index in [0.717, 1.165) is 22.5 Å². The van der Waals surface area contributed by atoms with Crippen LogP contribution < -0.4 is 0 Å². The Balaban J connectivity index is 2.25. The van der Waals surface area contributed by atoms with Gasteiger partial charge in [-0.2, -0.15) is 5.26 Å². The van der Waals surface area contributed by atoms with Gasteiger partial charge in [-0.25, -0.2) is 4.99 Å². The van der Waals surface area contributed by atoms with Crippen molar-refractivity contribution in [2.75, 3.05) is 0 Å². The molecule has 0 N–H and O–H groups in total. The van der Waals surface area contributed by atoms with Crippen molar-refractivity contribution in [1.82, 2.24) is 0 Å². The van der Waals surface area contributed by atoms with Crippen LogP contribution >= 0.6 is 0 Å². The van der Waals surface area contributed by atoms with Gasteiger partial charge in [0, 0.05) is 11.1 Å². The molecule has 0 atom stereocenters. The van der Waals surface area contributed by atoms with Gasteiger partial charge < -0.3 is 0 Å². The lowest BCUT2D eigenvalue weighted by atomic mass is 10.0. The van der Waals surface area contributed by atoms with Gasteiger partial charge in [0.1, 0.15) is 0 Å². The van der Waals surface area contributed by atoms with Gasteiger partial charge in [-0.15, -0.1) is 0 Å². The summed E-state index contributed by atoms with van der Waals surface area (Å²) in [6, 6.07) is 7.73. The molecule has 0 aromatic heterocycles. The Morgan fingerprint density at radius 2 is 2.21 bits per heavy atom. The van der Waals surface area contributed by atoms with Crippen molar-refractivity contribution in [2.45, 2.75) is 0 Å². The minimum Gasteiger partial charge on any atom is -0.248 e. The first-order valence-electron chi connectivity index (χ1n) is 4.40. The quantitative estimate of drug-likeness (QED) is 0.601. The Morgan fingerprint density at radius 1 is 1.29 bits per heavy atom. The summed E-state index contributed by atoms with van der Waals surface area (Å²) in [5, 5.41) is 8.79. The Morgan fingerprint density at radius 3 is 3.07 bits per heavy atom. The van der Waals surface area contributed by atoms with Crippen LogP contribution in [0, 0.1) is 11.3 Å². The first kappa shape index (κ1) is 7.28. The van der Waals surface area contributed by atoms with E-state index in [1.165, 1.54) is 0 Å². The van der Waals surface area contributed by atoms with Gasteiger partial charge in [0.2, 0.25) is 0 Å². The second-order valence-corrected chi connectivity index (χ2v) is 3.28. The monoisotopic (exact) mass is 178 g/mol. The SMILES string of the molecule is N#Cc1ccc2c(c1)C1=CC=CC1=N2. The predicted octanol–water partition coefficient (Wildman–Crippen LogP) is 2.60. The zero-order valence-electron chi connectivity index (χ0n) is 7.36. The number of nitriles is 1. The summed E-state index contributed by atoms with van der Waals surface area (Å²) in [5.74, 6) is 0. The molecule has 0 amide bonds. The lowest BCUT2D eigenvalue weighted by Gasteiger charge is -1.98. The normalized spacial score (nSPS) is 15.6. The van der Waals surface area contributed by atoms with Crippen molar-refractivity contribution in [2.24, 2.45) is 4.99 Å². The van der Waals surface area contributed by atoms with Gasteiger partial charge in [0.05, 0.1) is 23.0 Å². The van der Waals surface area contributed by atoms with Gasteiger partial charge in [-0.3, -0.25) is 0 Å². The minimum absolute atomic E-state index is 0.688. The first-order valence-corrected chi connectivity index (χ1v) is 4.40. The van der Waals surface area contributed by atoms with Crippen LogP contribution in [-0.4, -0.2) is 5.71 Å². The molecular weight excluding hydrogens is 172 g/mol. The van der Waals surface area contributed by atoms with E-state index in [2.05, 4.69) is 11.1 Å². The maximum atomic E-state index is 8.79. The standard InChI is InChI=1S/C12H6N2/c13-7-8-4-5-12-10(6-8)9-2-1-3-11(9)14-12/h1-6H. The molecule has 14 heavy (non-hydrogen) atoms. The van der Waals surface area contributed by atoms with Crippen molar-refractivity contribution in [3.8, 4) is 6.07 Å². The van der Waals surface area contributed by atoms with Crippen molar-refractivity contribution in [3.63, 3.8) is 0 Å². The fourth-order valence-corrected chi connectivity index (χ4v) is 1.78. The summed E-state index contributed by atoms with van der Waals surface area (Å²) in [6.07, 6.45) is 6.00. The highest BCUT2D eigenvalue weighted by atomic mass is 14.8. The van der Waals surface area contributed by atoms with Crippen molar-refractivity contribution < 1.29 is 0 Å². The number of hydrogen-bond donors (Lipinski definition) is 0. The molecule has 3 rings (SSSR count). The molecule has 0 fully saturated rings. The van der Waals surface area contributed by atoms with E-state index in [-0.39, 0.29) is 0 Å². The fraction of sp³-hybridized carbons (Fsp3) is 0. The maximum absolute atomic E-state index is 8.79. The lowest BCUT2D eigenvalue weighted by Crippen LogP contribution is -1.87. The van der Waals surface area contributed by atoms with E-state index in [1.54, 1.807) is 6.07 Å². The Hall–Kier alpha value is -2.14. The van der Waals surface area contributed by atoms with Crippen LogP contribution in [0.5, 0.6) is 0 Å². The maximum Gasteiger partial charge on any atom is 0.0991 e. The topological polar surface area (TPSA) is 36.1 Å². The summed E-state index contributed by atoms with van der Waals surface area (Å²) >= 11 is 0. The molecule has 2 aliphatic rings. The van der Waals surface area contributed by atoms with Gasteiger partial charge in [0.15, 0.2) is 0 Å². The van der Waals surface area contributed by atoms with Gasteiger partial charge >= 0.3 is 0 Å². The van der Waals surface area contributed by atoms with Crippen LogP contribution in [0.3, 0.4) is 0 Å². The summed E-state index contributed by atoms with van der Waals surface area (Å²) in [6.45, 7) is 0. The van der Waals surface area contributed by atoms with Crippen LogP contribution in [-0.2, 0) is 0 Å². The number of allylic oxidation sites excluding steroid dienone is 4. The van der Waals surface area contributed by atoms with E-state index in [9.17, 15) is 0 Å². The van der Waals surface area contributed by atoms with Crippen molar-refractivity contribution >= 4 is 17.0 Å². The molecule has 64 valence electrons. The highest BCUT2D eigenvalue weighted by Gasteiger charge is 2.20. The Kier molecular flexibility index (Phi) is 1.26. The molecule has 0 spiro atoms. The molecule has 1 aromatic rings. The number of benzene rings is 1.